The van der Waals surface area contributed by atoms with Crippen molar-refractivity contribution in [2.24, 2.45) is 11.7 Å². The Morgan fingerprint density at radius 2 is 1.94 bits per heavy atom. The molecule has 104 valence electrons. The normalized spacial score (nSPS) is 27.6. The van der Waals surface area contributed by atoms with Crippen molar-refractivity contribution in [3.63, 3.8) is 0 Å². The molecule has 18 heavy (non-hydrogen) atoms. The number of ether oxygens (including phenoxy) is 1. The zero-order valence-electron chi connectivity index (χ0n) is 9.45. The zero-order chi connectivity index (χ0) is 14.1. The molecule has 0 aliphatic carbocycles. The molecule has 3 unspecified atom stereocenters. The predicted molar refractivity (Wildman–Crippen MR) is 52.5 cm³/mol. The standard InChI is InChI=1S/C9H13F3N2O4/c1-8(13,9(10,11)12)7(17)14-5-3-18-2-4(5)6(15)16/h4-5H,2-3,13H2,1H3,(H,14,17)(H,15,16). The lowest BCUT2D eigenvalue weighted by Gasteiger charge is -2.28. The van der Waals surface area contributed by atoms with Crippen LogP contribution in [0.1, 0.15) is 6.92 Å². The van der Waals surface area contributed by atoms with E-state index < -0.39 is 35.6 Å². The molecule has 1 amide bonds. The van der Waals surface area contributed by atoms with Gasteiger partial charge >= 0.3 is 12.1 Å². The fourth-order valence-corrected chi connectivity index (χ4v) is 1.39. The second kappa shape index (κ2) is 4.73. The molecule has 1 rings (SSSR count). The van der Waals surface area contributed by atoms with Gasteiger partial charge in [0.1, 0.15) is 5.92 Å². The van der Waals surface area contributed by atoms with Crippen LogP contribution in [0.5, 0.6) is 0 Å². The molecular formula is C9H13F3N2O4. The minimum atomic E-state index is -4.92. The van der Waals surface area contributed by atoms with Gasteiger partial charge in [0.05, 0.1) is 19.3 Å². The number of nitrogens with two attached hydrogens (primary N) is 1. The lowest BCUT2D eigenvalue weighted by Crippen LogP contribution is -2.63. The van der Waals surface area contributed by atoms with Crippen molar-refractivity contribution in [2.75, 3.05) is 13.2 Å². The van der Waals surface area contributed by atoms with Crippen LogP contribution in [-0.4, -0.2) is 48.0 Å². The third kappa shape index (κ3) is 2.72. The highest BCUT2D eigenvalue weighted by Crippen LogP contribution is 2.28. The van der Waals surface area contributed by atoms with E-state index in [0.29, 0.717) is 6.92 Å². The highest BCUT2D eigenvalue weighted by atomic mass is 19.4. The van der Waals surface area contributed by atoms with Crippen molar-refractivity contribution < 1.29 is 32.6 Å². The number of carboxylic acid groups (broad SMARTS) is 1. The summed E-state index contributed by atoms with van der Waals surface area (Å²) in [4.78, 5) is 22.2. The molecule has 3 atom stereocenters. The number of halogens is 3. The molecule has 1 heterocycles. The van der Waals surface area contributed by atoms with E-state index in [-0.39, 0.29) is 13.2 Å². The van der Waals surface area contributed by atoms with E-state index >= 15 is 0 Å². The van der Waals surface area contributed by atoms with E-state index in [0.717, 1.165) is 0 Å². The van der Waals surface area contributed by atoms with Crippen LogP contribution in [0.15, 0.2) is 0 Å². The lowest BCUT2D eigenvalue weighted by atomic mass is 9.99. The SMILES string of the molecule is CC(N)(C(=O)NC1COCC1C(=O)O)C(F)(F)F. The van der Waals surface area contributed by atoms with Crippen molar-refractivity contribution >= 4 is 11.9 Å². The van der Waals surface area contributed by atoms with Gasteiger partial charge in [-0.05, 0) is 6.92 Å². The highest BCUT2D eigenvalue weighted by Gasteiger charge is 2.54. The molecule has 0 aromatic heterocycles. The Kier molecular flexibility index (Phi) is 3.86. The van der Waals surface area contributed by atoms with E-state index in [1.807, 2.05) is 5.32 Å². The largest absolute Gasteiger partial charge is 0.481 e. The quantitative estimate of drug-likeness (QED) is 0.640. The fourth-order valence-electron chi connectivity index (χ4n) is 1.39. The van der Waals surface area contributed by atoms with Crippen molar-refractivity contribution in [3.05, 3.63) is 0 Å². The Balaban J connectivity index is 2.74. The monoisotopic (exact) mass is 270 g/mol. The average molecular weight is 270 g/mol. The molecule has 0 aromatic carbocycles. The van der Waals surface area contributed by atoms with Crippen molar-refractivity contribution in [3.8, 4) is 0 Å². The van der Waals surface area contributed by atoms with Crippen molar-refractivity contribution in [2.45, 2.75) is 24.7 Å². The number of rotatable bonds is 3. The summed E-state index contributed by atoms with van der Waals surface area (Å²) in [6, 6.07) is -1.01. The number of carboxylic acids is 1. The van der Waals surface area contributed by atoms with Gasteiger partial charge in [-0.1, -0.05) is 0 Å². The number of hydrogen-bond acceptors (Lipinski definition) is 4. The maximum absolute atomic E-state index is 12.5. The molecule has 4 N–H and O–H groups in total. The molecular weight excluding hydrogens is 257 g/mol. The van der Waals surface area contributed by atoms with E-state index in [2.05, 4.69) is 0 Å². The summed E-state index contributed by atoms with van der Waals surface area (Å²) < 4.78 is 42.3. The van der Waals surface area contributed by atoms with Gasteiger partial charge in [0, 0.05) is 0 Å². The first-order valence-corrected chi connectivity index (χ1v) is 5.04. The molecule has 6 nitrogen and oxygen atoms in total. The summed E-state index contributed by atoms with van der Waals surface area (Å²) in [6.07, 6.45) is -4.92. The number of carbonyl (C=O) groups excluding carboxylic acids is 1. The van der Waals surface area contributed by atoms with Crippen LogP contribution in [0.4, 0.5) is 13.2 Å². The molecule has 0 spiro atoms. The Labute approximate surface area is 100 Å². The average Bonchev–Trinajstić information content (AvgIpc) is 2.63. The van der Waals surface area contributed by atoms with Crippen LogP contribution in [0, 0.1) is 5.92 Å². The fraction of sp³-hybridized carbons (Fsp3) is 0.778. The maximum atomic E-state index is 12.5. The van der Waals surface area contributed by atoms with E-state index in [1.165, 1.54) is 0 Å². The minimum Gasteiger partial charge on any atom is -0.481 e. The number of hydrogen-bond donors (Lipinski definition) is 3. The first kappa shape index (κ1) is 14.7. The third-order valence-corrected chi connectivity index (χ3v) is 2.77. The predicted octanol–water partition coefficient (Wildman–Crippen LogP) is -0.518. The van der Waals surface area contributed by atoms with Gasteiger partial charge in [-0.15, -0.1) is 0 Å². The summed E-state index contributed by atoms with van der Waals surface area (Å²) in [6.45, 7) is 0.206. The van der Waals surface area contributed by atoms with Gasteiger partial charge in [-0.2, -0.15) is 13.2 Å². The third-order valence-electron chi connectivity index (χ3n) is 2.77. The zero-order valence-corrected chi connectivity index (χ0v) is 9.45. The van der Waals surface area contributed by atoms with Gasteiger partial charge in [0.25, 0.3) is 0 Å². The summed E-state index contributed by atoms with van der Waals surface area (Å²) in [5.74, 6) is -3.79. The second-order valence-corrected chi connectivity index (χ2v) is 4.26. The van der Waals surface area contributed by atoms with Crippen LogP contribution >= 0.6 is 0 Å². The summed E-state index contributed by atoms with van der Waals surface area (Å²) in [7, 11) is 0. The Morgan fingerprint density at radius 1 is 1.39 bits per heavy atom. The van der Waals surface area contributed by atoms with Gasteiger partial charge < -0.3 is 20.9 Å². The number of alkyl halides is 3. The first-order chi connectivity index (χ1) is 8.07. The van der Waals surface area contributed by atoms with Gasteiger partial charge in [-0.25, -0.2) is 0 Å². The van der Waals surface area contributed by atoms with Crippen LogP contribution in [-0.2, 0) is 14.3 Å². The molecule has 1 aliphatic rings. The van der Waals surface area contributed by atoms with Crippen LogP contribution in [0.3, 0.4) is 0 Å². The van der Waals surface area contributed by atoms with Crippen molar-refractivity contribution in [1.29, 1.82) is 0 Å². The summed E-state index contributed by atoms with van der Waals surface area (Å²) in [5.41, 5.74) is 1.84. The topological polar surface area (TPSA) is 102 Å². The number of carbonyl (C=O) groups is 2. The molecule has 0 radical (unpaired) electrons. The Bertz CT molecular complexity index is 356. The maximum Gasteiger partial charge on any atom is 0.415 e. The molecule has 1 aliphatic heterocycles. The van der Waals surface area contributed by atoms with Crippen LogP contribution in [0.2, 0.25) is 0 Å². The van der Waals surface area contributed by atoms with E-state index in [9.17, 15) is 22.8 Å². The molecule has 0 bridgehead atoms. The molecule has 1 fully saturated rings. The summed E-state index contributed by atoms with van der Waals surface area (Å²) >= 11 is 0. The number of nitrogens with one attached hydrogen (secondary N) is 1. The molecule has 9 heteroatoms. The van der Waals surface area contributed by atoms with Gasteiger partial charge in [0.2, 0.25) is 5.91 Å². The first-order valence-electron chi connectivity index (χ1n) is 5.04. The molecule has 0 saturated carbocycles. The van der Waals surface area contributed by atoms with E-state index in [4.69, 9.17) is 15.6 Å². The van der Waals surface area contributed by atoms with Crippen LogP contribution in [0.25, 0.3) is 0 Å². The van der Waals surface area contributed by atoms with E-state index in [1.54, 1.807) is 0 Å². The highest BCUT2D eigenvalue weighted by molar-refractivity contribution is 5.87. The number of aliphatic carboxylic acids is 1. The Morgan fingerprint density at radius 3 is 2.39 bits per heavy atom. The minimum absolute atomic E-state index is 0.156. The van der Waals surface area contributed by atoms with Crippen LogP contribution < -0.4 is 11.1 Å². The van der Waals surface area contributed by atoms with Crippen molar-refractivity contribution in [1.82, 2.24) is 5.32 Å². The lowest BCUT2D eigenvalue weighted by molar-refractivity contribution is -0.187. The van der Waals surface area contributed by atoms with Gasteiger partial charge in [0.15, 0.2) is 5.54 Å². The molecule has 1 saturated heterocycles. The second-order valence-electron chi connectivity index (χ2n) is 4.26. The number of amides is 1. The molecule has 0 aromatic rings. The smallest absolute Gasteiger partial charge is 0.415 e. The summed E-state index contributed by atoms with van der Waals surface area (Å²) in [5, 5.41) is 10.7. The van der Waals surface area contributed by atoms with Gasteiger partial charge in [-0.3, -0.25) is 9.59 Å². The Hall–Kier alpha value is -1.35.